The van der Waals surface area contributed by atoms with Crippen molar-refractivity contribution in [3.63, 3.8) is 0 Å². The molecule has 0 aromatic rings. The Kier molecular flexibility index (Phi) is 12.8. The van der Waals surface area contributed by atoms with Crippen molar-refractivity contribution >= 4 is 11.9 Å². The fourth-order valence-corrected chi connectivity index (χ4v) is 0.935. The van der Waals surface area contributed by atoms with Gasteiger partial charge < -0.3 is 20.4 Å². The second-order valence-corrected chi connectivity index (χ2v) is 4.19. The van der Waals surface area contributed by atoms with E-state index in [0.717, 1.165) is 0 Å². The Morgan fingerprint density at radius 1 is 1.05 bits per heavy atom. The average Bonchev–Trinajstić information content (AvgIpc) is 2.41. The third kappa shape index (κ3) is 12.8. The number of carboxylic acids is 2. The summed E-state index contributed by atoms with van der Waals surface area (Å²) in [6, 6.07) is 0. The van der Waals surface area contributed by atoms with Crippen molar-refractivity contribution in [1.29, 1.82) is 0 Å². The Bertz CT molecular complexity index is 357. The molecule has 0 aromatic carbocycles. The number of rotatable bonds is 7. The Balaban J connectivity index is 0. The molecule has 0 aliphatic heterocycles. The van der Waals surface area contributed by atoms with Gasteiger partial charge in [0.15, 0.2) is 0 Å². The van der Waals surface area contributed by atoms with Gasteiger partial charge in [0, 0.05) is 17.8 Å². The van der Waals surface area contributed by atoms with Crippen LogP contribution in [0.4, 0.5) is 0 Å². The summed E-state index contributed by atoms with van der Waals surface area (Å²) in [4.78, 5) is 20.3. The van der Waals surface area contributed by atoms with Crippen LogP contribution in [0.2, 0.25) is 0 Å². The third-order valence-corrected chi connectivity index (χ3v) is 2.42. The van der Waals surface area contributed by atoms with Crippen LogP contribution in [0, 0.1) is 0 Å². The highest BCUT2D eigenvalue weighted by Crippen LogP contribution is 2.01. The number of aliphatic hydroxyl groups is 2. The number of carbonyl (C=O) groups is 2. The van der Waals surface area contributed by atoms with Crippen molar-refractivity contribution in [3.8, 4) is 0 Å². The normalized spacial score (nSPS) is 13.2. The number of aliphatic carboxylic acids is 2. The molecule has 20 heavy (non-hydrogen) atoms. The quantitative estimate of drug-likeness (QED) is 0.529. The van der Waals surface area contributed by atoms with E-state index in [2.05, 4.69) is 0 Å². The topological polar surface area (TPSA) is 115 Å². The van der Waals surface area contributed by atoms with Crippen LogP contribution in [0.15, 0.2) is 23.3 Å². The second kappa shape index (κ2) is 12.4. The minimum atomic E-state index is -0.927. The van der Waals surface area contributed by atoms with E-state index in [4.69, 9.17) is 20.4 Å². The first-order valence-corrected chi connectivity index (χ1v) is 6.35. The molecule has 116 valence electrons. The van der Waals surface area contributed by atoms with E-state index >= 15 is 0 Å². The van der Waals surface area contributed by atoms with Crippen LogP contribution in [0.5, 0.6) is 0 Å². The Morgan fingerprint density at radius 2 is 1.50 bits per heavy atom. The molecule has 6 nitrogen and oxygen atoms in total. The van der Waals surface area contributed by atoms with Gasteiger partial charge >= 0.3 is 11.9 Å². The molecule has 0 rings (SSSR count). The van der Waals surface area contributed by atoms with E-state index in [9.17, 15) is 9.59 Å². The maximum Gasteiger partial charge on any atom is 0.330 e. The van der Waals surface area contributed by atoms with Crippen LogP contribution < -0.4 is 0 Å². The van der Waals surface area contributed by atoms with Crippen LogP contribution in [-0.4, -0.2) is 45.1 Å². The summed E-state index contributed by atoms with van der Waals surface area (Å²) in [6.07, 6.45) is 4.11. The summed E-state index contributed by atoms with van der Waals surface area (Å²) in [5.74, 6) is -1.85. The van der Waals surface area contributed by atoms with Gasteiger partial charge in [-0.25, -0.2) is 9.59 Å². The van der Waals surface area contributed by atoms with Gasteiger partial charge in [0.25, 0.3) is 0 Å². The Morgan fingerprint density at radius 3 is 1.85 bits per heavy atom. The maximum absolute atomic E-state index is 10.3. The van der Waals surface area contributed by atoms with Crippen molar-refractivity contribution in [2.24, 2.45) is 0 Å². The standard InChI is InChI=1S/C8H14O3.C6H10O3/c1-3-7(9)5-4-6(2)8(10)11;1-5(6(8)9)3-2-4-7/h4,7,9H,3,5H2,1-2H3,(H,10,11);3,7H,2,4H2,1H3,(H,8,9). The summed E-state index contributed by atoms with van der Waals surface area (Å²) in [6.45, 7) is 4.88. The first kappa shape index (κ1) is 20.7. The molecular formula is C14H24O6. The molecule has 0 aliphatic carbocycles. The van der Waals surface area contributed by atoms with Crippen LogP contribution in [0.3, 0.4) is 0 Å². The predicted molar refractivity (Wildman–Crippen MR) is 75.4 cm³/mol. The van der Waals surface area contributed by atoms with E-state index in [1.165, 1.54) is 26.0 Å². The fourth-order valence-electron chi connectivity index (χ4n) is 0.935. The summed E-state index contributed by atoms with van der Waals surface area (Å²) >= 11 is 0. The van der Waals surface area contributed by atoms with Crippen molar-refractivity contribution in [1.82, 2.24) is 0 Å². The molecule has 0 saturated heterocycles. The summed E-state index contributed by atoms with van der Waals surface area (Å²) < 4.78 is 0. The molecule has 0 bridgehead atoms. The highest BCUT2D eigenvalue weighted by atomic mass is 16.4. The van der Waals surface area contributed by atoms with Crippen LogP contribution in [0.1, 0.15) is 40.0 Å². The van der Waals surface area contributed by atoms with Gasteiger partial charge in [0.2, 0.25) is 0 Å². The lowest BCUT2D eigenvalue weighted by Crippen LogP contribution is -2.04. The van der Waals surface area contributed by atoms with E-state index in [0.29, 0.717) is 19.3 Å². The zero-order valence-electron chi connectivity index (χ0n) is 12.2. The molecule has 0 aromatic heterocycles. The maximum atomic E-state index is 10.3. The van der Waals surface area contributed by atoms with Crippen LogP contribution in [-0.2, 0) is 9.59 Å². The largest absolute Gasteiger partial charge is 0.478 e. The van der Waals surface area contributed by atoms with Gasteiger partial charge in [-0.05, 0) is 33.1 Å². The first-order chi connectivity index (χ1) is 9.26. The Labute approximate surface area is 119 Å². The first-order valence-electron chi connectivity index (χ1n) is 6.35. The molecule has 0 saturated carbocycles. The molecule has 1 atom stereocenters. The van der Waals surface area contributed by atoms with E-state index < -0.39 is 18.0 Å². The number of hydrogen-bond donors (Lipinski definition) is 4. The second-order valence-electron chi connectivity index (χ2n) is 4.19. The molecule has 4 N–H and O–H groups in total. The van der Waals surface area contributed by atoms with Gasteiger partial charge in [-0.1, -0.05) is 19.1 Å². The molecular weight excluding hydrogens is 264 g/mol. The highest BCUT2D eigenvalue weighted by molar-refractivity contribution is 5.86. The van der Waals surface area contributed by atoms with E-state index in [1.54, 1.807) is 0 Å². The summed E-state index contributed by atoms with van der Waals surface area (Å²) in [5.41, 5.74) is 0.571. The van der Waals surface area contributed by atoms with E-state index in [1.807, 2.05) is 6.92 Å². The van der Waals surface area contributed by atoms with E-state index in [-0.39, 0.29) is 17.8 Å². The van der Waals surface area contributed by atoms with Gasteiger partial charge in [0.05, 0.1) is 6.10 Å². The monoisotopic (exact) mass is 288 g/mol. The number of hydrogen-bond acceptors (Lipinski definition) is 4. The van der Waals surface area contributed by atoms with Gasteiger partial charge in [-0.3, -0.25) is 0 Å². The molecule has 6 heteroatoms. The smallest absolute Gasteiger partial charge is 0.330 e. The van der Waals surface area contributed by atoms with Crippen LogP contribution >= 0.6 is 0 Å². The predicted octanol–water partition coefficient (Wildman–Crippen LogP) is 1.58. The van der Waals surface area contributed by atoms with Crippen LogP contribution in [0.25, 0.3) is 0 Å². The lowest BCUT2D eigenvalue weighted by Gasteiger charge is -2.02. The van der Waals surface area contributed by atoms with Gasteiger partial charge in [-0.15, -0.1) is 0 Å². The summed E-state index contributed by atoms with van der Waals surface area (Å²) in [7, 11) is 0. The van der Waals surface area contributed by atoms with Gasteiger partial charge in [-0.2, -0.15) is 0 Å². The fraction of sp³-hybridized carbons (Fsp3) is 0.571. The lowest BCUT2D eigenvalue weighted by molar-refractivity contribution is -0.133. The molecule has 0 heterocycles. The minimum absolute atomic E-state index is 0.00458. The summed E-state index contributed by atoms with van der Waals surface area (Å²) in [5, 5.41) is 34.0. The highest BCUT2D eigenvalue weighted by Gasteiger charge is 2.01. The molecule has 1 unspecified atom stereocenters. The SMILES string of the molecule is CC(=CCCO)C(=O)O.CCC(O)CC=C(C)C(=O)O. The number of aliphatic hydroxyl groups excluding tert-OH is 2. The minimum Gasteiger partial charge on any atom is -0.478 e. The zero-order chi connectivity index (χ0) is 16.1. The molecule has 0 aliphatic rings. The third-order valence-electron chi connectivity index (χ3n) is 2.42. The van der Waals surface area contributed by atoms with Crippen molar-refractivity contribution in [2.75, 3.05) is 6.61 Å². The zero-order valence-corrected chi connectivity index (χ0v) is 12.2. The number of carboxylic acid groups (broad SMARTS) is 2. The van der Waals surface area contributed by atoms with Crippen molar-refractivity contribution in [2.45, 2.75) is 46.1 Å². The lowest BCUT2D eigenvalue weighted by atomic mass is 10.1. The van der Waals surface area contributed by atoms with Crippen molar-refractivity contribution in [3.05, 3.63) is 23.3 Å². The molecule has 0 spiro atoms. The average molecular weight is 288 g/mol. The molecule has 0 radical (unpaired) electrons. The van der Waals surface area contributed by atoms with Gasteiger partial charge in [0.1, 0.15) is 0 Å². The van der Waals surface area contributed by atoms with Crippen molar-refractivity contribution < 1.29 is 30.0 Å². The molecule has 0 amide bonds. The Hall–Kier alpha value is -1.66. The molecule has 0 fully saturated rings.